The van der Waals surface area contributed by atoms with Crippen LogP contribution in [0.15, 0.2) is 60.5 Å². The van der Waals surface area contributed by atoms with Crippen molar-refractivity contribution < 1.29 is 4.39 Å². The number of benzene rings is 1. The van der Waals surface area contributed by atoms with E-state index in [1.807, 2.05) is 54.8 Å². The van der Waals surface area contributed by atoms with Gasteiger partial charge in [0.1, 0.15) is 10.8 Å². The van der Waals surface area contributed by atoms with Gasteiger partial charge < -0.3 is 4.90 Å². The van der Waals surface area contributed by atoms with Crippen molar-refractivity contribution in [3.8, 4) is 11.1 Å². The lowest BCUT2D eigenvalue weighted by Gasteiger charge is -2.16. The second-order valence-electron chi connectivity index (χ2n) is 7.00. The third-order valence-corrected chi connectivity index (χ3v) is 5.65. The van der Waals surface area contributed by atoms with Crippen LogP contribution >= 0.6 is 11.3 Å². The Morgan fingerprint density at radius 1 is 1.00 bits per heavy atom. The quantitative estimate of drug-likeness (QED) is 0.425. The first kappa shape index (κ1) is 20.1. The van der Waals surface area contributed by atoms with Gasteiger partial charge in [0.15, 0.2) is 0 Å². The van der Waals surface area contributed by atoms with Gasteiger partial charge in [0.05, 0.1) is 12.2 Å². The molecule has 0 saturated heterocycles. The average molecular weight is 420 g/mol. The van der Waals surface area contributed by atoms with Gasteiger partial charge in [-0.15, -0.1) is 11.3 Å². The number of pyridine rings is 1. The van der Waals surface area contributed by atoms with Crippen LogP contribution in [0.3, 0.4) is 0 Å². The zero-order chi connectivity index (χ0) is 20.9. The van der Waals surface area contributed by atoms with E-state index < -0.39 is 0 Å². The molecule has 0 N–H and O–H groups in total. The molecule has 152 valence electrons. The molecule has 0 spiro atoms. The summed E-state index contributed by atoms with van der Waals surface area (Å²) in [4.78, 5) is 19.9. The number of hydrogen-bond acceptors (Lipinski definition) is 6. The van der Waals surface area contributed by atoms with Gasteiger partial charge in [0.25, 0.3) is 0 Å². The van der Waals surface area contributed by atoms with Crippen LogP contribution < -0.4 is 4.90 Å². The smallest absolute Gasteiger partial charge is 0.225 e. The average Bonchev–Trinajstić information content (AvgIpc) is 3.28. The summed E-state index contributed by atoms with van der Waals surface area (Å²) >= 11 is 1.61. The Hall–Kier alpha value is -3.19. The van der Waals surface area contributed by atoms with E-state index in [1.54, 1.807) is 29.8 Å². The van der Waals surface area contributed by atoms with E-state index >= 15 is 0 Å². The van der Waals surface area contributed by atoms with E-state index in [4.69, 9.17) is 0 Å². The molecule has 3 aromatic heterocycles. The third kappa shape index (κ3) is 4.52. The number of thiazole rings is 1. The number of anilines is 1. The second kappa shape index (κ2) is 9.09. The van der Waals surface area contributed by atoms with E-state index in [9.17, 15) is 4.39 Å². The van der Waals surface area contributed by atoms with Gasteiger partial charge in [0, 0.05) is 49.2 Å². The zero-order valence-electron chi connectivity index (χ0n) is 16.9. The Morgan fingerprint density at radius 3 is 2.57 bits per heavy atom. The molecule has 0 fully saturated rings. The largest absolute Gasteiger partial charge is 0.337 e. The molecule has 0 radical (unpaired) electrons. The van der Waals surface area contributed by atoms with Crippen molar-refractivity contribution >= 4 is 17.3 Å². The van der Waals surface area contributed by atoms with Crippen molar-refractivity contribution in [2.45, 2.75) is 26.3 Å². The van der Waals surface area contributed by atoms with Crippen LogP contribution in [0.5, 0.6) is 0 Å². The van der Waals surface area contributed by atoms with Crippen molar-refractivity contribution in [3.05, 3.63) is 88.1 Å². The Morgan fingerprint density at radius 2 is 1.83 bits per heavy atom. The van der Waals surface area contributed by atoms with Crippen LogP contribution in [-0.2, 0) is 19.4 Å². The van der Waals surface area contributed by atoms with Gasteiger partial charge in [-0.2, -0.15) is 0 Å². The molecule has 5 nitrogen and oxygen atoms in total. The minimum absolute atomic E-state index is 0.216. The lowest BCUT2D eigenvalue weighted by molar-refractivity contribution is 0.626. The lowest BCUT2D eigenvalue weighted by Crippen LogP contribution is -2.19. The Kier molecular flexibility index (Phi) is 6.09. The molecule has 7 heteroatoms. The lowest BCUT2D eigenvalue weighted by atomic mass is 9.95. The highest BCUT2D eigenvalue weighted by Gasteiger charge is 2.13. The molecule has 0 aliphatic carbocycles. The minimum Gasteiger partial charge on any atom is -0.337 e. The van der Waals surface area contributed by atoms with Crippen LogP contribution in [0.2, 0.25) is 0 Å². The predicted molar refractivity (Wildman–Crippen MR) is 118 cm³/mol. The first-order valence-corrected chi connectivity index (χ1v) is 10.6. The summed E-state index contributed by atoms with van der Waals surface area (Å²) in [5.41, 5.74) is 4.90. The van der Waals surface area contributed by atoms with Crippen LogP contribution in [-0.4, -0.2) is 27.0 Å². The van der Waals surface area contributed by atoms with Crippen LogP contribution in [0, 0.1) is 5.82 Å². The van der Waals surface area contributed by atoms with E-state index in [2.05, 4.69) is 19.9 Å². The molecule has 0 saturated carbocycles. The molecule has 0 aliphatic heterocycles. The van der Waals surface area contributed by atoms with Gasteiger partial charge in [-0.05, 0) is 41.3 Å². The number of aryl methyl sites for hydroxylation is 1. The molecular weight excluding hydrogens is 397 g/mol. The number of aromatic nitrogens is 4. The summed E-state index contributed by atoms with van der Waals surface area (Å²) in [6.07, 6.45) is 8.62. The van der Waals surface area contributed by atoms with E-state index in [0.717, 1.165) is 39.4 Å². The first-order valence-electron chi connectivity index (χ1n) is 9.77. The SMILES string of the molecule is CCc1cc(F)ccc1-c1cccnc1Cc1cnc(N(C)Cc2nccs2)nc1. The van der Waals surface area contributed by atoms with Crippen molar-refractivity contribution in [1.82, 2.24) is 19.9 Å². The molecule has 0 atom stereocenters. The summed E-state index contributed by atoms with van der Waals surface area (Å²) in [5, 5.41) is 2.98. The molecule has 4 rings (SSSR count). The summed E-state index contributed by atoms with van der Waals surface area (Å²) in [6.45, 7) is 2.70. The van der Waals surface area contributed by atoms with Crippen molar-refractivity contribution in [2.24, 2.45) is 0 Å². The monoisotopic (exact) mass is 419 g/mol. The highest BCUT2D eigenvalue weighted by molar-refractivity contribution is 7.09. The van der Waals surface area contributed by atoms with Crippen molar-refractivity contribution in [1.29, 1.82) is 0 Å². The summed E-state index contributed by atoms with van der Waals surface area (Å²) in [7, 11) is 1.95. The number of rotatable bonds is 7. The summed E-state index contributed by atoms with van der Waals surface area (Å²) in [6, 6.07) is 8.88. The summed E-state index contributed by atoms with van der Waals surface area (Å²) in [5.74, 6) is 0.439. The molecule has 1 aromatic carbocycles. The summed E-state index contributed by atoms with van der Waals surface area (Å²) < 4.78 is 13.7. The van der Waals surface area contributed by atoms with E-state index in [0.29, 0.717) is 18.9 Å². The van der Waals surface area contributed by atoms with Gasteiger partial charge in [0.2, 0.25) is 5.95 Å². The number of nitrogens with zero attached hydrogens (tertiary/aromatic N) is 5. The third-order valence-electron chi connectivity index (χ3n) is 4.89. The fourth-order valence-corrected chi connectivity index (χ4v) is 4.04. The fourth-order valence-electron chi connectivity index (χ4n) is 3.38. The van der Waals surface area contributed by atoms with E-state index in [-0.39, 0.29) is 5.82 Å². The number of hydrogen-bond donors (Lipinski definition) is 0. The first-order chi connectivity index (χ1) is 14.6. The topological polar surface area (TPSA) is 54.8 Å². The molecule has 30 heavy (non-hydrogen) atoms. The predicted octanol–water partition coefficient (Wildman–Crippen LogP) is 4.92. The molecule has 0 unspecified atom stereocenters. The Bertz CT molecular complexity index is 1110. The molecular formula is C23H22FN5S. The van der Waals surface area contributed by atoms with Gasteiger partial charge in [-0.3, -0.25) is 4.98 Å². The fraction of sp³-hybridized carbons (Fsp3) is 0.217. The van der Waals surface area contributed by atoms with Crippen LogP contribution in [0.1, 0.15) is 28.8 Å². The highest BCUT2D eigenvalue weighted by atomic mass is 32.1. The van der Waals surface area contributed by atoms with Crippen molar-refractivity contribution in [3.63, 3.8) is 0 Å². The number of halogens is 1. The molecule has 0 aliphatic rings. The van der Waals surface area contributed by atoms with Crippen molar-refractivity contribution in [2.75, 3.05) is 11.9 Å². The molecule has 3 heterocycles. The zero-order valence-corrected chi connectivity index (χ0v) is 17.7. The maximum atomic E-state index is 13.7. The minimum atomic E-state index is -0.216. The molecule has 0 bridgehead atoms. The Labute approximate surface area is 179 Å². The van der Waals surface area contributed by atoms with Gasteiger partial charge in [-0.1, -0.05) is 19.1 Å². The van der Waals surface area contributed by atoms with Crippen LogP contribution in [0.25, 0.3) is 11.1 Å². The Balaban J connectivity index is 1.55. The standard InChI is InChI=1S/C23H22FN5S/c1-3-17-12-18(24)6-7-19(17)20-5-4-8-25-21(20)11-16-13-27-23(28-14-16)29(2)15-22-26-9-10-30-22/h4-10,12-14H,3,11,15H2,1-2H3. The normalized spacial score (nSPS) is 10.9. The maximum absolute atomic E-state index is 13.7. The van der Waals surface area contributed by atoms with E-state index in [1.165, 1.54) is 6.07 Å². The molecule has 0 amide bonds. The second-order valence-corrected chi connectivity index (χ2v) is 7.98. The van der Waals surface area contributed by atoms with Gasteiger partial charge in [-0.25, -0.2) is 19.3 Å². The van der Waals surface area contributed by atoms with Crippen LogP contribution in [0.4, 0.5) is 10.3 Å². The maximum Gasteiger partial charge on any atom is 0.225 e. The molecule has 4 aromatic rings. The van der Waals surface area contributed by atoms with Gasteiger partial charge >= 0.3 is 0 Å². The highest BCUT2D eigenvalue weighted by Crippen LogP contribution is 2.28.